The standard InChI is InChI=1S/C74H131NO8/c1-3-5-7-9-11-13-15-17-19-21-23-25-27-29-31-32-33-34-35-36-38-40-42-44-46-48-50-52-54-56-58-60-62-64-70(78)75-67(66-82-74-73(81)72(80)71(79)69(65-76)83-74)68(77)63-61-59-57-55-53-51-49-47-45-43-41-39-37-30-28-26-24-22-20-18-16-14-12-10-8-6-4-2/h5,7,11,13,17,19,23,25,29,31,33-34,36,38,61,63,67-69,71-74,76-77,79-81H,3-4,6,8-10,12,14-16,18,20-22,24,26-28,30,32,35,37,39-60,62,64-66H2,1-2H3,(H,75,78)/b7-5-,13-11-,19-17-,25-23-,31-29-,34-33-,38-36-,63-61+. The molecule has 9 nitrogen and oxygen atoms in total. The largest absolute Gasteiger partial charge is 0.394 e. The zero-order valence-corrected chi connectivity index (χ0v) is 53.7. The van der Waals surface area contributed by atoms with Gasteiger partial charge in [0.15, 0.2) is 6.29 Å². The molecule has 0 bridgehead atoms. The Morgan fingerprint density at radius 1 is 0.422 bits per heavy atom. The predicted molar refractivity (Wildman–Crippen MR) is 355 cm³/mol. The molecule has 1 saturated heterocycles. The summed E-state index contributed by atoms with van der Waals surface area (Å²) in [6, 6.07) is -0.814. The van der Waals surface area contributed by atoms with Gasteiger partial charge in [0.05, 0.1) is 25.4 Å². The van der Waals surface area contributed by atoms with Crippen LogP contribution in [0, 0.1) is 0 Å². The summed E-state index contributed by atoms with van der Waals surface area (Å²) < 4.78 is 11.3. The summed E-state index contributed by atoms with van der Waals surface area (Å²) in [6.07, 6.45) is 83.6. The maximum atomic E-state index is 13.1. The summed E-state index contributed by atoms with van der Waals surface area (Å²) >= 11 is 0. The van der Waals surface area contributed by atoms with E-state index in [4.69, 9.17) is 9.47 Å². The molecule has 0 aliphatic carbocycles. The molecule has 9 heteroatoms. The number of allylic oxidation sites excluding steroid dienone is 15. The minimum Gasteiger partial charge on any atom is -0.394 e. The number of carbonyl (C=O) groups excluding carboxylic acids is 1. The number of nitrogens with one attached hydrogen (secondary N) is 1. The van der Waals surface area contributed by atoms with Crippen LogP contribution in [0.1, 0.15) is 309 Å². The molecule has 0 spiro atoms. The molecule has 1 amide bonds. The van der Waals surface area contributed by atoms with Gasteiger partial charge in [-0.1, -0.05) is 323 Å². The van der Waals surface area contributed by atoms with Crippen molar-refractivity contribution in [3.05, 3.63) is 97.2 Å². The fourth-order valence-electron chi connectivity index (χ4n) is 10.7. The molecule has 1 heterocycles. The van der Waals surface area contributed by atoms with Crippen molar-refractivity contribution in [3.63, 3.8) is 0 Å². The first-order valence-electron chi connectivity index (χ1n) is 35.0. The quantitative estimate of drug-likeness (QED) is 0.0261. The van der Waals surface area contributed by atoms with E-state index in [1.807, 2.05) is 6.08 Å². The van der Waals surface area contributed by atoms with E-state index in [-0.39, 0.29) is 12.5 Å². The second-order valence-electron chi connectivity index (χ2n) is 23.9. The number of carbonyl (C=O) groups is 1. The molecule has 0 aromatic heterocycles. The summed E-state index contributed by atoms with van der Waals surface area (Å²) in [6.45, 7) is 3.69. The third kappa shape index (κ3) is 50.9. The summed E-state index contributed by atoms with van der Waals surface area (Å²) in [5.74, 6) is -0.180. The Morgan fingerprint density at radius 3 is 1.11 bits per heavy atom. The molecule has 83 heavy (non-hydrogen) atoms. The molecular weight excluding hydrogens is 1030 g/mol. The van der Waals surface area contributed by atoms with Crippen LogP contribution in [0.3, 0.4) is 0 Å². The average molecular weight is 1160 g/mol. The van der Waals surface area contributed by atoms with Gasteiger partial charge in [-0.3, -0.25) is 4.79 Å². The van der Waals surface area contributed by atoms with Crippen LogP contribution in [-0.4, -0.2) is 87.5 Å². The van der Waals surface area contributed by atoms with E-state index in [9.17, 15) is 30.3 Å². The molecule has 1 rings (SSSR count). The van der Waals surface area contributed by atoms with Gasteiger partial charge in [-0.05, 0) is 77.0 Å². The van der Waals surface area contributed by atoms with Gasteiger partial charge in [0.25, 0.3) is 0 Å². The highest BCUT2D eigenvalue weighted by molar-refractivity contribution is 5.76. The molecule has 7 unspecified atom stereocenters. The monoisotopic (exact) mass is 1160 g/mol. The van der Waals surface area contributed by atoms with E-state index in [2.05, 4.69) is 104 Å². The Balaban J connectivity index is 2.16. The third-order valence-corrected chi connectivity index (χ3v) is 16.2. The van der Waals surface area contributed by atoms with Crippen molar-refractivity contribution < 1.29 is 39.8 Å². The molecule has 1 aliphatic heterocycles. The zero-order valence-electron chi connectivity index (χ0n) is 53.7. The van der Waals surface area contributed by atoms with Crippen molar-refractivity contribution in [2.45, 2.75) is 352 Å². The predicted octanol–water partition coefficient (Wildman–Crippen LogP) is 19.1. The number of amides is 1. The van der Waals surface area contributed by atoms with Crippen LogP contribution < -0.4 is 5.32 Å². The summed E-state index contributed by atoms with van der Waals surface area (Å²) in [4.78, 5) is 13.1. The number of hydrogen-bond acceptors (Lipinski definition) is 8. The van der Waals surface area contributed by atoms with Gasteiger partial charge >= 0.3 is 0 Å². The Kier molecular flexibility index (Phi) is 58.5. The van der Waals surface area contributed by atoms with Crippen molar-refractivity contribution in [1.29, 1.82) is 0 Å². The Bertz CT molecular complexity index is 1630. The number of aliphatic hydroxyl groups is 5. The highest BCUT2D eigenvalue weighted by Crippen LogP contribution is 2.23. The first-order valence-corrected chi connectivity index (χ1v) is 35.0. The van der Waals surface area contributed by atoms with Crippen LogP contribution in [0.15, 0.2) is 97.2 Å². The van der Waals surface area contributed by atoms with Gasteiger partial charge in [-0.2, -0.15) is 0 Å². The highest BCUT2D eigenvalue weighted by Gasteiger charge is 2.44. The molecule has 480 valence electrons. The van der Waals surface area contributed by atoms with E-state index >= 15 is 0 Å². The SMILES string of the molecule is CC/C=C\C/C=C\C/C=C\C/C=C\C/C=C\C/C=C\C/C=C\CCCCCCCCCCCCCC(=O)NC(COC1OC(CO)C(O)C(O)C1O)C(O)/C=C/CCCCCCCCCCCCCCCCCCCCCCCCCCC. The first kappa shape index (κ1) is 78.1. The zero-order chi connectivity index (χ0) is 60.0. The summed E-state index contributed by atoms with van der Waals surface area (Å²) in [5, 5.41) is 54.8. The van der Waals surface area contributed by atoms with E-state index in [0.717, 1.165) is 89.9 Å². The maximum Gasteiger partial charge on any atom is 0.220 e. The fourth-order valence-corrected chi connectivity index (χ4v) is 10.7. The highest BCUT2D eigenvalue weighted by atomic mass is 16.7. The fraction of sp³-hybridized carbons (Fsp3) is 0.770. The van der Waals surface area contributed by atoms with Crippen molar-refractivity contribution >= 4 is 5.91 Å². The van der Waals surface area contributed by atoms with Crippen LogP contribution in [0.25, 0.3) is 0 Å². The lowest BCUT2D eigenvalue weighted by molar-refractivity contribution is -0.302. The Labute approximate surface area is 511 Å². The molecule has 0 radical (unpaired) electrons. The van der Waals surface area contributed by atoms with Gasteiger partial charge in [-0.15, -0.1) is 0 Å². The lowest BCUT2D eigenvalue weighted by Crippen LogP contribution is -2.60. The Hall–Kier alpha value is -2.89. The Morgan fingerprint density at radius 2 is 0.747 bits per heavy atom. The lowest BCUT2D eigenvalue weighted by atomic mass is 9.99. The number of aliphatic hydroxyl groups excluding tert-OH is 5. The second kappa shape index (κ2) is 62.2. The van der Waals surface area contributed by atoms with Gasteiger partial charge in [0.2, 0.25) is 5.91 Å². The molecule has 6 N–H and O–H groups in total. The summed E-state index contributed by atoms with van der Waals surface area (Å²) in [5.41, 5.74) is 0. The van der Waals surface area contributed by atoms with E-state index < -0.39 is 49.5 Å². The van der Waals surface area contributed by atoms with Crippen molar-refractivity contribution in [2.75, 3.05) is 13.2 Å². The topological polar surface area (TPSA) is 149 Å². The first-order chi connectivity index (χ1) is 40.8. The van der Waals surface area contributed by atoms with Crippen LogP contribution in [-0.2, 0) is 14.3 Å². The number of unbranched alkanes of at least 4 members (excludes halogenated alkanes) is 36. The number of hydrogen-bond donors (Lipinski definition) is 6. The molecule has 0 aromatic rings. The normalized spacial score (nSPS) is 18.9. The smallest absolute Gasteiger partial charge is 0.220 e. The molecule has 0 aromatic carbocycles. The van der Waals surface area contributed by atoms with Gasteiger partial charge in [0.1, 0.15) is 24.4 Å². The minimum absolute atomic E-state index is 0.180. The molecule has 0 saturated carbocycles. The lowest BCUT2D eigenvalue weighted by Gasteiger charge is -2.40. The summed E-state index contributed by atoms with van der Waals surface area (Å²) in [7, 11) is 0. The minimum atomic E-state index is -1.57. The van der Waals surface area contributed by atoms with Crippen LogP contribution in [0.5, 0.6) is 0 Å². The van der Waals surface area contributed by atoms with Crippen molar-refractivity contribution in [1.82, 2.24) is 5.32 Å². The van der Waals surface area contributed by atoms with Crippen LogP contribution in [0.2, 0.25) is 0 Å². The molecular formula is C74H131NO8. The van der Waals surface area contributed by atoms with Gasteiger partial charge in [-0.25, -0.2) is 0 Å². The van der Waals surface area contributed by atoms with E-state index in [1.54, 1.807) is 6.08 Å². The van der Waals surface area contributed by atoms with E-state index in [0.29, 0.717) is 6.42 Å². The number of ether oxygens (including phenoxy) is 2. The third-order valence-electron chi connectivity index (χ3n) is 16.2. The molecule has 1 aliphatic rings. The van der Waals surface area contributed by atoms with Gasteiger partial charge in [0, 0.05) is 6.42 Å². The molecule has 1 fully saturated rings. The maximum absolute atomic E-state index is 13.1. The van der Waals surface area contributed by atoms with Gasteiger partial charge < -0.3 is 40.3 Å². The molecule has 7 atom stereocenters. The van der Waals surface area contributed by atoms with Crippen molar-refractivity contribution in [3.8, 4) is 0 Å². The van der Waals surface area contributed by atoms with Crippen LogP contribution >= 0.6 is 0 Å². The van der Waals surface area contributed by atoms with Crippen molar-refractivity contribution in [2.24, 2.45) is 0 Å². The average Bonchev–Trinajstić information content (AvgIpc) is 3.61. The van der Waals surface area contributed by atoms with Crippen LogP contribution in [0.4, 0.5) is 0 Å². The number of rotatable bonds is 60. The second-order valence-corrected chi connectivity index (χ2v) is 23.9. The van der Waals surface area contributed by atoms with E-state index in [1.165, 1.54) is 199 Å².